The van der Waals surface area contributed by atoms with E-state index in [1.165, 1.54) is 6.20 Å². The van der Waals surface area contributed by atoms with E-state index in [0.29, 0.717) is 11.3 Å². The molecule has 0 radical (unpaired) electrons. The number of fused-ring (bicyclic) bond motifs is 1. The van der Waals surface area contributed by atoms with E-state index in [-0.39, 0.29) is 10.8 Å². The van der Waals surface area contributed by atoms with Crippen LogP contribution in [-0.4, -0.2) is 25.1 Å². The Morgan fingerprint density at radius 3 is 2.82 bits per heavy atom. The molecule has 0 spiro atoms. The van der Waals surface area contributed by atoms with E-state index in [0.717, 1.165) is 11.1 Å². The molecule has 0 saturated carbocycles. The van der Waals surface area contributed by atoms with Gasteiger partial charge < -0.3 is 9.97 Å². The van der Waals surface area contributed by atoms with Crippen molar-refractivity contribution in [2.75, 3.05) is 0 Å². The summed E-state index contributed by atoms with van der Waals surface area (Å²) in [4.78, 5) is 20.5. The largest absolute Gasteiger partial charge is 0.323 e. The van der Waals surface area contributed by atoms with Crippen LogP contribution in [0.4, 0.5) is 0 Å². The number of hydrogen-bond donors (Lipinski definition) is 2. The Morgan fingerprint density at radius 1 is 1.18 bits per heavy atom. The highest BCUT2D eigenvalue weighted by Crippen LogP contribution is 2.19. The first-order valence-corrected chi connectivity index (χ1v) is 5.18. The van der Waals surface area contributed by atoms with Crippen molar-refractivity contribution in [1.82, 2.24) is 25.1 Å². The molecule has 0 atom stereocenters. The van der Waals surface area contributed by atoms with Gasteiger partial charge in [0.15, 0.2) is 11.0 Å². The first-order chi connectivity index (χ1) is 8.22. The number of halogens is 1. The molecule has 0 aliphatic rings. The van der Waals surface area contributed by atoms with Gasteiger partial charge in [0.1, 0.15) is 0 Å². The van der Waals surface area contributed by atoms with Gasteiger partial charge in [-0.2, -0.15) is 5.10 Å². The van der Waals surface area contributed by atoms with Crippen LogP contribution < -0.4 is 5.69 Å². The lowest BCUT2D eigenvalue weighted by molar-refractivity contribution is 0.980. The third-order valence-electron chi connectivity index (χ3n) is 2.30. The molecule has 0 aliphatic carbocycles. The molecule has 7 heteroatoms. The van der Waals surface area contributed by atoms with E-state index in [1.807, 2.05) is 0 Å². The van der Waals surface area contributed by atoms with E-state index in [9.17, 15) is 4.79 Å². The molecular weight excluding hydrogens is 242 g/mol. The topological polar surface area (TPSA) is 87.3 Å². The summed E-state index contributed by atoms with van der Waals surface area (Å²) in [7, 11) is 0. The molecule has 6 nitrogen and oxygen atoms in total. The molecule has 17 heavy (non-hydrogen) atoms. The zero-order chi connectivity index (χ0) is 11.8. The average Bonchev–Trinajstić information content (AvgIpc) is 2.68. The predicted molar refractivity (Wildman–Crippen MR) is 62.8 cm³/mol. The maximum atomic E-state index is 11.1. The first-order valence-electron chi connectivity index (χ1n) is 4.80. The molecule has 0 unspecified atom stereocenters. The maximum Gasteiger partial charge on any atom is 0.323 e. The Labute approximate surface area is 99.7 Å². The Kier molecular flexibility index (Phi) is 2.15. The third-order valence-corrected chi connectivity index (χ3v) is 2.49. The monoisotopic (exact) mass is 247 g/mol. The van der Waals surface area contributed by atoms with Gasteiger partial charge in [-0.15, -0.1) is 5.10 Å². The molecule has 2 heterocycles. The van der Waals surface area contributed by atoms with Crippen LogP contribution in [0, 0.1) is 0 Å². The fourth-order valence-electron chi connectivity index (χ4n) is 1.58. The molecule has 0 saturated heterocycles. The van der Waals surface area contributed by atoms with E-state index < -0.39 is 0 Å². The highest BCUT2D eigenvalue weighted by atomic mass is 35.5. The summed E-state index contributed by atoms with van der Waals surface area (Å²) in [5.74, 6) is 0.418. The Balaban J connectivity index is 2.20. The number of nitrogens with one attached hydrogen (secondary N) is 2. The standard InChI is InChI=1S/C10H6ClN5O/c11-8-4-12-16-9(15-8)5-1-2-6-7(3-5)14-10(17)13-6/h1-4H,(H2,13,14,17). The molecular formula is C10H6ClN5O. The minimum absolute atomic E-state index is 0.248. The van der Waals surface area contributed by atoms with E-state index >= 15 is 0 Å². The molecule has 3 rings (SSSR count). The Hall–Kier alpha value is -2.21. The smallest absolute Gasteiger partial charge is 0.306 e. The van der Waals surface area contributed by atoms with Crippen LogP contribution >= 0.6 is 11.6 Å². The second-order valence-corrected chi connectivity index (χ2v) is 3.83. The Bertz CT molecular complexity index is 748. The minimum atomic E-state index is -0.248. The summed E-state index contributed by atoms with van der Waals surface area (Å²) in [6.07, 6.45) is 1.36. The van der Waals surface area contributed by atoms with Gasteiger partial charge in [0.05, 0.1) is 17.2 Å². The van der Waals surface area contributed by atoms with Crippen molar-refractivity contribution >= 4 is 22.6 Å². The minimum Gasteiger partial charge on any atom is -0.306 e. The van der Waals surface area contributed by atoms with Crippen molar-refractivity contribution in [3.8, 4) is 11.4 Å². The van der Waals surface area contributed by atoms with Crippen molar-refractivity contribution in [3.05, 3.63) is 40.0 Å². The highest BCUT2D eigenvalue weighted by Gasteiger charge is 2.05. The molecule has 0 fully saturated rings. The lowest BCUT2D eigenvalue weighted by atomic mass is 10.2. The lowest BCUT2D eigenvalue weighted by Gasteiger charge is -1.98. The van der Waals surface area contributed by atoms with Crippen molar-refractivity contribution in [2.24, 2.45) is 0 Å². The first kappa shape index (κ1) is 9.98. The fourth-order valence-corrected chi connectivity index (χ4v) is 1.70. The quantitative estimate of drug-likeness (QED) is 0.680. The van der Waals surface area contributed by atoms with E-state index in [2.05, 4.69) is 25.1 Å². The van der Waals surface area contributed by atoms with Crippen molar-refractivity contribution < 1.29 is 0 Å². The summed E-state index contributed by atoms with van der Waals surface area (Å²) >= 11 is 5.74. The van der Waals surface area contributed by atoms with Crippen LogP contribution in [0.2, 0.25) is 5.15 Å². The molecule has 0 amide bonds. The number of aromatic amines is 2. The fraction of sp³-hybridized carbons (Fsp3) is 0. The van der Waals surface area contributed by atoms with Crippen LogP contribution in [-0.2, 0) is 0 Å². The third kappa shape index (κ3) is 1.78. The van der Waals surface area contributed by atoms with E-state index in [4.69, 9.17) is 11.6 Å². The number of nitrogens with zero attached hydrogens (tertiary/aromatic N) is 3. The van der Waals surface area contributed by atoms with E-state index in [1.54, 1.807) is 18.2 Å². The number of rotatable bonds is 1. The molecule has 2 aromatic heterocycles. The van der Waals surface area contributed by atoms with Gasteiger partial charge in [-0.3, -0.25) is 0 Å². The van der Waals surface area contributed by atoms with Gasteiger partial charge in [-0.05, 0) is 18.2 Å². The molecule has 0 bridgehead atoms. The molecule has 3 aromatic rings. The number of imidazole rings is 1. The van der Waals surface area contributed by atoms with Crippen LogP contribution in [0.15, 0.2) is 29.2 Å². The second kappa shape index (κ2) is 3.67. The van der Waals surface area contributed by atoms with Crippen LogP contribution in [0.3, 0.4) is 0 Å². The number of aromatic nitrogens is 5. The van der Waals surface area contributed by atoms with Gasteiger partial charge in [0.25, 0.3) is 0 Å². The normalized spacial score (nSPS) is 10.9. The van der Waals surface area contributed by atoms with Crippen molar-refractivity contribution in [2.45, 2.75) is 0 Å². The number of hydrogen-bond acceptors (Lipinski definition) is 4. The number of benzene rings is 1. The van der Waals surface area contributed by atoms with Crippen molar-refractivity contribution in [1.29, 1.82) is 0 Å². The Morgan fingerprint density at radius 2 is 2.00 bits per heavy atom. The zero-order valence-electron chi connectivity index (χ0n) is 8.44. The maximum absolute atomic E-state index is 11.1. The second-order valence-electron chi connectivity index (χ2n) is 3.44. The van der Waals surface area contributed by atoms with Gasteiger partial charge in [0.2, 0.25) is 0 Å². The lowest BCUT2D eigenvalue weighted by Crippen LogP contribution is -1.99. The molecule has 1 aromatic carbocycles. The summed E-state index contributed by atoms with van der Waals surface area (Å²) < 4.78 is 0. The van der Waals surface area contributed by atoms with Crippen LogP contribution in [0.5, 0.6) is 0 Å². The van der Waals surface area contributed by atoms with Crippen LogP contribution in [0.1, 0.15) is 0 Å². The summed E-state index contributed by atoms with van der Waals surface area (Å²) in [5, 5.41) is 7.87. The molecule has 0 aliphatic heterocycles. The molecule has 2 N–H and O–H groups in total. The van der Waals surface area contributed by atoms with Gasteiger partial charge in [0, 0.05) is 5.56 Å². The van der Waals surface area contributed by atoms with Crippen molar-refractivity contribution in [3.63, 3.8) is 0 Å². The van der Waals surface area contributed by atoms with Gasteiger partial charge in [-0.1, -0.05) is 11.6 Å². The SMILES string of the molecule is O=c1[nH]c2ccc(-c3nncc(Cl)n3)cc2[nH]1. The van der Waals surface area contributed by atoms with Gasteiger partial charge in [-0.25, -0.2) is 9.78 Å². The average molecular weight is 248 g/mol. The summed E-state index contributed by atoms with van der Waals surface area (Å²) in [6.45, 7) is 0. The number of H-pyrrole nitrogens is 2. The zero-order valence-corrected chi connectivity index (χ0v) is 9.19. The predicted octanol–water partition coefficient (Wildman–Crippen LogP) is 1.36. The molecule has 84 valence electrons. The van der Waals surface area contributed by atoms with Crippen LogP contribution in [0.25, 0.3) is 22.4 Å². The van der Waals surface area contributed by atoms with Gasteiger partial charge >= 0.3 is 5.69 Å². The highest BCUT2D eigenvalue weighted by molar-refractivity contribution is 6.29. The summed E-state index contributed by atoms with van der Waals surface area (Å²) in [5.41, 5.74) is 1.91. The summed E-state index contributed by atoms with van der Waals surface area (Å²) in [6, 6.07) is 5.33.